The maximum atomic E-state index is 11.4. The van der Waals surface area contributed by atoms with E-state index in [4.69, 9.17) is 9.47 Å². The van der Waals surface area contributed by atoms with E-state index in [2.05, 4.69) is 5.32 Å². The number of hydrogen-bond donors (Lipinski definition) is 1. The number of hydrogen-bond acceptors (Lipinski definition) is 5. The topological polar surface area (TPSA) is 64.6 Å². The van der Waals surface area contributed by atoms with Crippen LogP contribution in [0.3, 0.4) is 0 Å². The van der Waals surface area contributed by atoms with E-state index in [9.17, 15) is 8.42 Å². The van der Waals surface area contributed by atoms with Gasteiger partial charge >= 0.3 is 0 Å². The van der Waals surface area contributed by atoms with Crippen LogP contribution in [-0.4, -0.2) is 47.1 Å². The summed E-state index contributed by atoms with van der Waals surface area (Å²) in [5.41, 5.74) is 0. The van der Waals surface area contributed by atoms with Crippen LogP contribution in [0.2, 0.25) is 0 Å². The minimum absolute atomic E-state index is 0.0145. The van der Waals surface area contributed by atoms with Gasteiger partial charge in [-0.1, -0.05) is 6.07 Å². The largest absolute Gasteiger partial charge is 0.491 e. The number of nitrogens with one attached hydrogen (secondary N) is 1. The molecule has 0 saturated carbocycles. The summed E-state index contributed by atoms with van der Waals surface area (Å²) in [6.45, 7) is 2.71. The van der Waals surface area contributed by atoms with Gasteiger partial charge in [0.15, 0.2) is 9.84 Å². The Morgan fingerprint density at radius 3 is 3.00 bits per heavy atom. The summed E-state index contributed by atoms with van der Waals surface area (Å²) in [6, 6.07) is 6.50. The van der Waals surface area contributed by atoms with E-state index < -0.39 is 9.84 Å². The summed E-state index contributed by atoms with van der Waals surface area (Å²) in [6.07, 6.45) is 1.20. The first-order chi connectivity index (χ1) is 8.55. The molecule has 1 unspecified atom stereocenters. The van der Waals surface area contributed by atoms with Crippen LogP contribution < -0.4 is 10.1 Å². The third-order valence-corrected chi connectivity index (χ3v) is 3.78. The predicted molar refractivity (Wildman–Crippen MR) is 67.7 cm³/mol. The summed E-state index contributed by atoms with van der Waals surface area (Å²) in [7, 11) is -3.19. The molecule has 1 aliphatic heterocycles. The van der Waals surface area contributed by atoms with Gasteiger partial charge in [0, 0.05) is 19.3 Å². The van der Waals surface area contributed by atoms with Crippen LogP contribution in [0.15, 0.2) is 29.2 Å². The fourth-order valence-electron chi connectivity index (χ4n) is 1.71. The van der Waals surface area contributed by atoms with Crippen molar-refractivity contribution < 1.29 is 17.9 Å². The highest BCUT2D eigenvalue weighted by Gasteiger charge is 2.14. The molecule has 18 heavy (non-hydrogen) atoms. The Morgan fingerprint density at radius 2 is 2.33 bits per heavy atom. The maximum Gasteiger partial charge on any atom is 0.175 e. The molecule has 1 saturated heterocycles. The summed E-state index contributed by atoms with van der Waals surface area (Å²) in [5, 5.41) is 3.21. The van der Waals surface area contributed by atoms with Crippen LogP contribution in [0, 0.1) is 0 Å². The van der Waals surface area contributed by atoms with Crippen LogP contribution in [0.4, 0.5) is 0 Å². The monoisotopic (exact) mass is 271 g/mol. The number of sulfone groups is 1. The van der Waals surface area contributed by atoms with E-state index in [0.717, 1.165) is 13.1 Å². The zero-order chi connectivity index (χ0) is 13.0. The Kier molecular flexibility index (Phi) is 4.21. The van der Waals surface area contributed by atoms with Crippen molar-refractivity contribution in [3.05, 3.63) is 24.3 Å². The summed E-state index contributed by atoms with van der Waals surface area (Å²) >= 11 is 0. The van der Waals surface area contributed by atoms with Gasteiger partial charge in [-0.05, 0) is 18.2 Å². The van der Waals surface area contributed by atoms with E-state index in [1.165, 1.54) is 12.3 Å². The Bertz CT molecular complexity index is 495. The van der Waals surface area contributed by atoms with Gasteiger partial charge in [0.05, 0.1) is 11.5 Å². The molecule has 0 aromatic heterocycles. The third kappa shape index (κ3) is 3.69. The first kappa shape index (κ1) is 13.3. The fourth-order valence-corrected chi connectivity index (χ4v) is 2.37. The Hall–Kier alpha value is -1.11. The lowest BCUT2D eigenvalue weighted by atomic mass is 10.3. The van der Waals surface area contributed by atoms with E-state index in [1.807, 2.05) is 0 Å². The lowest BCUT2D eigenvalue weighted by Crippen LogP contribution is -2.41. The van der Waals surface area contributed by atoms with E-state index >= 15 is 0 Å². The first-order valence-corrected chi connectivity index (χ1v) is 7.70. The van der Waals surface area contributed by atoms with Crippen molar-refractivity contribution in [1.82, 2.24) is 5.32 Å². The minimum Gasteiger partial charge on any atom is -0.491 e. The van der Waals surface area contributed by atoms with Gasteiger partial charge in [-0.25, -0.2) is 8.42 Å². The van der Waals surface area contributed by atoms with Gasteiger partial charge in [-0.3, -0.25) is 0 Å². The predicted octanol–water partition coefficient (Wildman–Crippen LogP) is 0.457. The lowest BCUT2D eigenvalue weighted by molar-refractivity contribution is 0.000152. The molecule has 100 valence electrons. The molecular formula is C12H17NO4S. The van der Waals surface area contributed by atoms with Crippen LogP contribution >= 0.6 is 0 Å². The van der Waals surface area contributed by atoms with Crippen molar-refractivity contribution in [2.75, 3.05) is 32.6 Å². The third-order valence-electron chi connectivity index (χ3n) is 2.67. The molecule has 1 atom stereocenters. The second-order valence-electron chi connectivity index (χ2n) is 4.25. The van der Waals surface area contributed by atoms with Crippen molar-refractivity contribution >= 4 is 9.84 Å². The molecule has 1 aromatic carbocycles. The van der Waals surface area contributed by atoms with Gasteiger partial charge in [0.1, 0.15) is 18.5 Å². The molecular weight excluding hydrogens is 254 g/mol. The zero-order valence-electron chi connectivity index (χ0n) is 10.3. The van der Waals surface area contributed by atoms with Crippen molar-refractivity contribution in [1.29, 1.82) is 0 Å². The lowest BCUT2D eigenvalue weighted by Gasteiger charge is -2.23. The van der Waals surface area contributed by atoms with Gasteiger partial charge in [0.25, 0.3) is 0 Å². The van der Waals surface area contributed by atoms with Crippen molar-refractivity contribution in [3.63, 3.8) is 0 Å². The molecule has 2 rings (SSSR count). The van der Waals surface area contributed by atoms with Crippen molar-refractivity contribution in [2.24, 2.45) is 0 Å². The highest BCUT2D eigenvalue weighted by atomic mass is 32.2. The Morgan fingerprint density at radius 1 is 1.50 bits per heavy atom. The second-order valence-corrected chi connectivity index (χ2v) is 6.27. The molecule has 1 fully saturated rings. The molecule has 0 aliphatic carbocycles. The molecule has 1 heterocycles. The molecule has 0 bridgehead atoms. The highest BCUT2D eigenvalue weighted by molar-refractivity contribution is 7.90. The number of morpholine rings is 1. The molecule has 5 nitrogen and oxygen atoms in total. The van der Waals surface area contributed by atoms with Gasteiger partial charge in [0.2, 0.25) is 0 Å². The number of ether oxygens (including phenoxy) is 2. The molecule has 0 amide bonds. The molecule has 1 aliphatic rings. The Balaban J connectivity index is 1.97. The SMILES string of the molecule is CS(=O)(=O)c1cccc(OCC2CNCCO2)c1. The van der Waals surface area contributed by atoms with E-state index in [0.29, 0.717) is 19.0 Å². The van der Waals surface area contributed by atoms with Crippen LogP contribution in [0.1, 0.15) is 0 Å². The minimum atomic E-state index is -3.19. The van der Waals surface area contributed by atoms with Crippen molar-refractivity contribution in [2.45, 2.75) is 11.0 Å². The number of rotatable bonds is 4. The average molecular weight is 271 g/mol. The van der Waals surface area contributed by atoms with E-state index in [-0.39, 0.29) is 11.0 Å². The van der Waals surface area contributed by atoms with Crippen molar-refractivity contribution in [3.8, 4) is 5.75 Å². The second kappa shape index (κ2) is 5.69. The van der Waals surface area contributed by atoms with Gasteiger partial charge in [-0.15, -0.1) is 0 Å². The normalized spacial score (nSPS) is 20.6. The molecule has 0 spiro atoms. The maximum absolute atomic E-state index is 11.4. The number of benzene rings is 1. The average Bonchev–Trinajstić information content (AvgIpc) is 2.37. The molecule has 1 aromatic rings. The smallest absolute Gasteiger partial charge is 0.175 e. The summed E-state index contributed by atoms with van der Waals surface area (Å²) < 4.78 is 33.8. The molecule has 6 heteroatoms. The van der Waals surface area contributed by atoms with E-state index in [1.54, 1.807) is 18.2 Å². The van der Waals surface area contributed by atoms with Crippen LogP contribution in [-0.2, 0) is 14.6 Å². The highest BCUT2D eigenvalue weighted by Crippen LogP contribution is 2.17. The Labute approximate surface area is 107 Å². The summed E-state index contributed by atoms with van der Waals surface area (Å²) in [5.74, 6) is 0.548. The standard InChI is InChI=1S/C12H17NO4S/c1-18(14,15)12-4-2-3-10(7-12)17-9-11-8-13-5-6-16-11/h2-4,7,11,13H,5-6,8-9H2,1H3. The quantitative estimate of drug-likeness (QED) is 0.862. The van der Waals surface area contributed by atoms with Crippen LogP contribution in [0.25, 0.3) is 0 Å². The van der Waals surface area contributed by atoms with Crippen LogP contribution in [0.5, 0.6) is 5.75 Å². The molecule has 0 radical (unpaired) electrons. The fraction of sp³-hybridized carbons (Fsp3) is 0.500. The van der Waals surface area contributed by atoms with Gasteiger partial charge in [-0.2, -0.15) is 0 Å². The summed E-state index contributed by atoms with van der Waals surface area (Å²) in [4.78, 5) is 0.266. The first-order valence-electron chi connectivity index (χ1n) is 5.81. The zero-order valence-corrected chi connectivity index (χ0v) is 11.1. The molecule has 1 N–H and O–H groups in total. The van der Waals surface area contributed by atoms with Gasteiger partial charge < -0.3 is 14.8 Å².